The van der Waals surface area contributed by atoms with E-state index in [0.717, 1.165) is 83.5 Å². The van der Waals surface area contributed by atoms with Gasteiger partial charge in [-0.3, -0.25) is 0 Å². The number of aromatic nitrogens is 1. The van der Waals surface area contributed by atoms with E-state index < -0.39 is 0 Å². The van der Waals surface area contributed by atoms with Crippen molar-refractivity contribution in [1.29, 1.82) is 0 Å². The van der Waals surface area contributed by atoms with E-state index in [1.54, 1.807) is 0 Å². The molecule has 0 aliphatic heterocycles. The van der Waals surface area contributed by atoms with E-state index in [9.17, 15) is 5.11 Å². The van der Waals surface area contributed by atoms with Gasteiger partial charge in [0.05, 0.1) is 17.6 Å². The standard InChI is InChI=1S/C55H38N2O2/c58-36-37-17-26-46(27-18-37)57-52-15-6-4-11-48(52)51-35-42(25-34-53(51)57)40-21-30-44(31-22-40)56(43-28-19-39(20-29-43)38-9-2-1-3-10-38)45-32-23-41(24-33-45)47-13-8-14-50-49-12-5-7-16-54(49)59-55(47)50/h1-35,58H,36H2. The molecule has 11 rings (SSSR count). The molecule has 9 aromatic carbocycles. The molecule has 4 nitrogen and oxygen atoms in total. The molecule has 0 aliphatic rings. The van der Waals surface area contributed by atoms with Gasteiger partial charge >= 0.3 is 0 Å². The van der Waals surface area contributed by atoms with Gasteiger partial charge in [-0.15, -0.1) is 0 Å². The van der Waals surface area contributed by atoms with Crippen LogP contribution in [0.25, 0.3) is 82.8 Å². The molecule has 11 aromatic rings. The van der Waals surface area contributed by atoms with Crippen LogP contribution in [-0.2, 0) is 6.61 Å². The predicted octanol–water partition coefficient (Wildman–Crippen LogP) is 14.6. The molecule has 0 unspecified atom stereocenters. The Bertz CT molecular complexity index is 3270. The molecule has 59 heavy (non-hydrogen) atoms. The highest BCUT2D eigenvalue weighted by Crippen LogP contribution is 2.41. The van der Waals surface area contributed by atoms with Crippen LogP contribution in [-0.4, -0.2) is 9.67 Å². The van der Waals surface area contributed by atoms with E-state index in [4.69, 9.17) is 4.42 Å². The number of hydrogen-bond acceptors (Lipinski definition) is 3. The van der Waals surface area contributed by atoms with Crippen LogP contribution in [0.3, 0.4) is 0 Å². The number of rotatable bonds is 8. The fourth-order valence-corrected chi connectivity index (χ4v) is 8.63. The van der Waals surface area contributed by atoms with Crippen LogP contribution >= 0.6 is 0 Å². The van der Waals surface area contributed by atoms with Crippen molar-refractivity contribution in [2.75, 3.05) is 4.90 Å². The second-order valence-corrected chi connectivity index (χ2v) is 15.0. The van der Waals surface area contributed by atoms with E-state index in [1.807, 2.05) is 24.3 Å². The Balaban J connectivity index is 0.974. The third-order valence-corrected chi connectivity index (χ3v) is 11.6. The summed E-state index contributed by atoms with van der Waals surface area (Å²) in [5, 5.41) is 14.3. The van der Waals surface area contributed by atoms with Gasteiger partial charge in [-0.2, -0.15) is 0 Å². The SMILES string of the molecule is OCc1ccc(-n2c3ccccc3c3cc(-c4ccc(N(c5ccc(-c6ccccc6)cc5)c5ccc(-c6cccc7c6oc6ccccc67)cc5)cc4)ccc32)cc1. The summed E-state index contributed by atoms with van der Waals surface area (Å²) in [5.74, 6) is 0. The van der Waals surface area contributed by atoms with Crippen molar-refractivity contribution >= 4 is 60.8 Å². The molecule has 0 amide bonds. The molecule has 2 heterocycles. The minimum absolute atomic E-state index is 0.0295. The molecule has 0 spiro atoms. The summed E-state index contributed by atoms with van der Waals surface area (Å²) in [6, 6.07) is 75.2. The first-order valence-corrected chi connectivity index (χ1v) is 20.0. The maximum atomic E-state index is 9.64. The van der Waals surface area contributed by atoms with Crippen molar-refractivity contribution in [1.82, 2.24) is 4.57 Å². The molecule has 0 saturated heterocycles. The molecule has 0 radical (unpaired) electrons. The number of anilines is 3. The molecule has 0 saturated carbocycles. The molecule has 2 aromatic heterocycles. The minimum atomic E-state index is 0.0295. The fraction of sp³-hybridized carbons (Fsp3) is 0.0182. The minimum Gasteiger partial charge on any atom is -0.455 e. The van der Waals surface area contributed by atoms with Gasteiger partial charge in [-0.25, -0.2) is 0 Å². The first-order valence-electron chi connectivity index (χ1n) is 20.0. The maximum absolute atomic E-state index is 9.64. The van der Waals surface area contributed by atoms with Crippen molar-refractivity contribution in [2.24, 2.45) is 0 Å². The lowest BCUT2D eigenvalue weighted by molar-refractivity contribution is 0.282. The van der Waals surface area contributed by atoms with E-state index in [-0.39, 0.29) is 6.61 Å². The number of benzene rings is 9. The summed E-state index contributed by atoms with van der Waals surface area (Å²) in [5.41, 5.74) is 16.1. The molecule has 1 N–H and O–H groups in total. The predicted molar refractivity (Wildman–Crippen MR) is 245 cm³/mol. The Morgan fingerprint density at radius 3 is 1.64 bits per heavy atom. The zero-order chi connectivity index (χ0) is 39.3. The lowest BCUT2D eigenvalue weighted by Crippen LogP contribution is -2.09. The molecular weight excluding hydrogens is 721 g/mol. The zero-order valence-electron chi connectivity index (χ0n) is 32.2. The van der Waals surface area contributed by atoms with Gasteiger partial charge in [-0.05, 0) is 106 Å². The summed E-state index contributed by atoms with van der Waals surface area (Å²) in [7, 11) is 0. The number of aliphatic hydroxyl groups excluding tert-OH is 1. The first-order chi connectivity index (χ1) is 29.2. The summed E-state index contributed by atoms with van der Waals surface area (Å²) >= 11 is 0. The van der Waals surface area contributed by atoms with Gasteiger partial charge in [0.1, 0.15) is 11.2 Å². The third kappa shape index (κ3) is 6.06. The number of hydrogen-bond donors (Lipinski definition) is 1. The molecule has 0 aliphatic carbocycles. The second-order valence-electron chi connectivity index (χ2n) is 15.0. The third-order valence-electron chi connectivity index (χ3n) is 11.6. The normalized spacial score (nSPS) is 11.5. The monoisotopic (exact) mass is 758 g/mol. The summed E-state index contributed by atoms with van der Waals surface area (Å²) in [6.45, 7) is 0.0295. The summed E-state index contributed by atoms with van der Waals surface area (Å²) in [4.78, 5) is 2.32. The van der Waals surface area contributed by atoms with Gasteiger partial charge < -0.3 is 19.0 Å². The molecular formula is C55H38N2O2. The van der Waals surface area contributed by atoms with Crippen LogP contribution in [0, 0.1) is 0 Å². The smallest absolute Gasteiger partial charge is 0.143 e. The van der Waals surface area contributed by atoms with Gasteiger partial charge in [0.2, 0.25) is 0 Å². The zero-order valence-corrected chi connectivity index (χ0v) is 32.2. The van der Waals surface area contributed by atoms with Gasteiger partial charge in [0, 0.05) is 49.9 Å². The number of nitrogens with zero attached hydrogens (tertiary/aromatic N) is 2. The molecule has 0 atom stereocenters. The Labute approximate surface area is 342 Å². The number of para-hydroxylation sites is 3. The van der Waals surface area contributed by atoms with E-state index in [0.29, 0.717) is 0 Å². The van der Waals surface area contributed by atoms with Crippen molar-refractivity contribution < 1.29 is 9.52 Å². The molecule has 0 bridgehead atoms. The Hall–Kier alpha value is -7.66. The van der Waals surface area contributed by atoms with Crippen LogP contribution in [0.2, 0.25) is 0 Å². The highest BCUT2D eigenvalue weighted by atomic mass is 16.3. The lowest BCUT2D eigenvalue weighted by Gasteiger charge is -2.26. The molecule has 0 fully saturated rings. The Morgan fingerprint density at radius 2 is 0.949 bits per heavy atom. The van der Waals surface area contributed by atoms with Crippen LogP contribution in [0.1, 0.15) is 5.56 Å². The highest BCUT2D eigenvalue weighted by molar-refractivity contribution is 6.11. The second kappa shape index (κ2) is 14.4. The van der Waals surface area contributed by atoms with Crippen LogP contribution in [0.4, 0.5) is 17.1 Å². The number of aliphatic hydroxyl groups is 1. The number of furan rings is 1. The van der Waals surface area contributed by atoms with Crippen LogP contribution in [0.15, 0.2) is 217 Å². The topological polar surface area (TPSA) is 41.5 Å². The van der Waals surface area contributed by atoms with Gasteiger partial charge in [0.15, 0.2) is 0 Å². The molecule has 280 valence electrons. The fourth-order valence-electron chi connectivity index (χ4n) is 8.63. The first kappa shape index (κ1) is 34.6. The Kier molecular flexibility index (Phi) is 8.42. The van der Waals surface area contributed by atoms with E-state index in [1.165, 1.54) is 21.9 Å². The largest absolute Gasteiger partial charge is 0.455 e. The summed E-state index contributed by atoms with van der Waals surface area (Å²) in [6.07, 6.45) is 0. The van der Waals surface area contributed by atoms with Crippen LogP contribution in [0.5, 0.6) is 0 Å². The average Bonchev–Trinajstić information content (AvgIpc) is 3.86. The summed E-state index contributed by atoms with van der Waals surface area (Å²) < 4.78 is 8.71. The van der Waals surface area contributed by atoms with E-state index >= 15 is 0 Å². The maximum Gasteiger partial charge on any atom is 0.143 e. The van der Waals surface area contributed by atoms with Crippen molar-refractivity contribution in [3.8, 4) is 39.1 Å². The van der Waals surface area contributed by atoms with Crippen molar-refractivity contribution in [2.45, 2.75) is 6.61 Å². The average molecular weight is 759 g/mol. The Morgan fingerprint density at radius 1 is 0.407 bits per heavy atom. The van der Waals surface area contributed by atoms with Crippen LogP contribution < -0.4 is 4.90 Å². The molecule has 4 heteroatoms. The van der Waals surface area contributed by atoms with Crippen molar-refractivity contribution in [3.63, 3.8) is 0 Å². The highest BCUT2D eigenvalue weighted by Gasteiger charge is 2.17. The van der Waals surface area contributed by atoms with Crippen molar-refractivity contribution in [3.05, 3.63) is 218 Å². The van der Waals surface area contributed by atoms with Gasteiger partial charge in [0.25, 0.3) is 0 Å². The van der Waals surface area contributed by atoms with Gasteiger partial charge in [-0.1, -0.05) is 140 Å². The van der Waals surface area contributed by atoms with E-state index in [2.05, 4.69) is 198 Å². The lowest BCUT2D eigenvalue weighted by atomic mass is 10.0. The number of fused-ring (bicyclic) bond motifs is 6. The quantitative estimate of drug-likeness (QED) is 0.168.